The number of carbonyl (C=O) groups is 1. The third-order valence-electron chi connectivity index (χ3n) is 4.23. The Bertz CT molecular complexity index is 861. The van der Waals surface area contributed by atoms with Crippen LogP contribution < -0.4 is 5.32 Å². The fraction of sp³-hybridized carbons (Fsp3) is 0.211. The third-order valence-corrected chi connectivity index (χ3v) is 5.12. The van der Waals surface area contributed by atoms with Crippen LogP contribution in [0.3, 0.4) is 0 Å². The fourth-order valence-electron chi connectivity index (χ4n) is 2.65. The Morgan fingerprint density at radius 1 is 1.16 bits per heavy atom. The van der Waals surface area contributed by atoms with Crippen molar-refractivity contribution in [3.8, 4) is 10.6 Å². The SMILES string of the molecule is O=C(NC1(c2csc(-c3ccncc3)n2)CC1)OCc1ccccc1. The lowest BCUT2D eigenvalue weighted by Crippen LogP contribution is -2.35. The molecule has 1 N–H and O–H groups in total. The second kappa shape index (κ2) is 6.64. The van der Waals surface area contributed by atoms with Crippen molar-refractivity contribution in [2.45, 2.75) is 25.0 Å². The molecule has 5 nitrogen and oxygen atoms in total. The van der Waals surface area contributed by atoms with Crippen LogP contribution in [-0.2, 0) is 16.9 Å². The van der Waals surface area contributed by atoms with Gasteiger partial charge < -0.3 is 10.1 Å². The Morgan fingerprint density at radius 2 is 1.92 bits per heavy atom. The number of hydrogen-bond donors (Lipinski definition) is 1. The van der Waals surface area contributed by atoms with Gasteiger partial charge in [-0.25, -0.2) is 9.78 Å². The maximum atomic E-state index is 12.2. The number of nitrogens with zero attached hydrogens (tertiary/aromatic N) is 2. The fourth-order valence-corrected chi connectivity index (χ4v) is 3.57. The van der Waals surface area contributed by atoms with Gasteiger partial charge >= 0.3 is 6.09 Å². The summed E-state index contributed by atoms with van der Waals surface area (Å²) in [6.45, 7) is 0.266. The number of aromatic nitrogens is 2. The molecule has 25 heavy (non-hydrogen) atoms. The first kappa shape index (κ1) is 15.8. The number of pyridine rings is 1. The highest BCUT2D eigenvalue weighted by Crippen LogP contribution is 2.46. The molecule has 2 aromatic heterocycles. The van der Waals surface area contributed by atoms with Gasteiger partial charge in [0.2, 0.25) is 0 Å². The molecule has 1 amide bonds. The molecule has 0 unspecified atom stereocenters. The van der Waals surface area contributed by atoms with Crippen LogP contribution in [0.4, 0.5) is 4.79 Å². The second-order valence-electron chi connectivity index (χ2n) is 6.04. The topological polar surface area (TPSA) is 64.1 Å². The lowest BCUT2D eigenvalue weighted by atomic mass is 10.2. The van der Waals surface area contributed by atoms with Crippen LogP contribution in [-0.4, -0.2) is 16.1 Å². The predicted octanol–water partition coefficient (Wildman–Crippen LogP) is 4.12. The molecule has 4 rings (SSSR count). The summed E-state index contributed by atoms with van der Waals surface area (Å²) in [7, 11) is 0. The molecule has 0 bridgehead atoms. The number of alkyl carbamates (subject to hydrolysis) is 1. The zero-order valence-corrected chi connectivity index (χ0v) is 14.3. The van der Waals surface area contributed by atoms with Gasteiger partial charge in [0.15, 0.2) is 0 Å². The number of carbonyl (C=O) groups excluding carboxylic acids is 1. The Hall–Kier alpha value is -2.73. The maximum Gasteiger partial charge on any atom is 0.408 e. The first-order valence-electron chi connectivity index (χ1n) is 8.10. The minimum atomic E-state index is -0.403. The van der Waals surface area contributed by atoms with Crippen molar-refractivity contribution in [1.29, 1.82) is 0 Å². The van der Waals surface area contributed by atoms with Crippen LogP contribution in [0.2, 0.25) is 0 Å². The largest absolute Gasteiger partial charge is 0.445 e. The molecule has 1 aliphatic rings. The van der Waals surface area contributed by atoms with E-state index in [4.69, 9.17) is 9.72 Å². The molecular weight excluding hydrogens is 334 g/mol. The Kier molecular flexibility index (Phi) is 4.19. The summed E-state index contributed by atoms with van der Waals surface area (Å²) in [5, 5.41) is 5.94. The summed E-state index contributed by atoms with van der Waals surface area (Å²) < 4.78 is 5.33. The molecule has 0 aliphatic heterocycles. The van der Waals surface area contributed by atoms with Crippen LogP contribution in [0.1, 0.15) is 24.1 Å². The van der Waals surface area contributed by atoms with Crippen molar-refractivity contribution in [2.75, 3.05) is 0 Å². The highest BCUT2D eigenvalue weighted by Gasteiger charge is 2.48. The van der Waals surface area contributed by atoms with Gasteiger partial charge in [0.25, 0.3) is 0 Å². The second-order valence-corrected chi connectivity index (χ2v) is 6.90. The molecule has 1 aliphatic carbocycles. The van der Waals surface area contributed by atoms with E-state index in [0.29, 0.717) is 0 Å². The predicted molar refractivity (Wildman–Crippen MR) is 96.0 cm³/mol. The van der Waals surface area contributed by atoms with Crippen molar-refractivity contribution in [1.82, 2.24) is 15.3 Å². The summed E-state index contributed by atoms with van der Waals surface area (Å²) >= 11 is 1.58. The number of amides is 1. The van der Waals surface area contributed by atoms with Gasteiger partial charge in [0.1, 0.15) is 11.6 Å². The van der Waals surface area contributed by atoms with Crippen molar-refractivity contribution < 1.29 is 9.53 Å². The normalized spacial score (nSPS) is 14.7. The first-order chi connectivity index (χ1) is 12.3. The number of nitrogens with one attached hydrogen (secondary N) is 1. The Balaban J connectivity index is 1.41. The summed E-state index contributed by atoms with van der Waals surface area (Å²) in [5.41, 5.74) is 2.53. The number of thiazole rings is 1. The maximum absolute atomic E-state index is 12.2. The molecule has 1 saturated carbocycles. The van der Waals surface area contributed by atoms with Gasteiger partial charge in [-0.2, -0.15) is 0 Å². The molecule has 6 heteroatoms. The van der Waals surface area contributed by atoms with Crippen LogP contribution in [0.5, 0.6) is 0 Å². The van der Waals surface area contributed by atoms with E-state index >= 15 is 0 Å². The molecule has 2 heterocycles. The van der Waals surface area contributed by atoms with E-state index in [2.05, 4.69) is 10.3 Å². The average molecular weight is 351 g/mol. The molecule has 1 fully saturated rings. The molecule has 0 spiro atoms. The van der Waals surface area contributed by atoms with E-state index in [1.54, 1.807) is 23.7 Å². The third kappa shape index (κ3) is 3.53. The van der Waals surface area contributed by atoms with E-state index < -0.39 is 6.09 Å². The van der Waals surface area contributed by atoms with Crippen molar-refractivity contribution in [2.24, 2.45) is 0 Å². The highest BCUT2D eigenvalue weighted by atomic mass is 32.1. The van der Waals surface area contributed by atoms with Crippen LogP contribution in [0, 0.1) is 0 Å². The summed E-state index contributed by atoms with van der Waals surface area (Å²) in [6.07, 6.45) is 4.87. The van der Waals surface area contributed by atoms with Gasteiger partial charge in [-0.1, -0.05) is 30.3 Å². The molecular formula is C19H17N3O2S. The number of hydrogen-bond acceptors (Lipinski definition) is 5. The van der Waals surface area contributed by atoms with Crippen LogP contribution in [0.15, 0.2) is 60.2 Å². The summed E-state index contributed by atoms with van der Waals surface area (Å²) in [6, 6.07) is 13.5. The van der Waals surface area contributed by atoms with Crippen LogP contribution >= 0.6 is 11.3 Å². The van der Waals surface area contributed by atoms with E-state index in [1.165, 1.54) is 0 Å². The quantitative estimate of drug-likeness (QED) is 0.751. The first-order valence-corrected chi connectivity index (χ1v) is 8.98. The van der Waals surface area contributed by atoms with Crippen LogP contribution in [0.25, 0.3) is 10.6 Å². The Morgan fingerprint density at radius 3 is 2.64 bits per heavy atom. The minimum absolute atomic E-state index is 0.266. The number of ether oxygens (including phenoxy) is 1. The average Bonchev–Trinajstić information content (AvgIpc) is 3.26. The molecule has 1 aromatic carbocycles. The smallest absolute Gasteiger partial charge is 0.408 e. The van der Waals surface area contributed by atoms with Crippen molar-refractivity contribution in [3.05, 3.63) is 71.5 Å². The van der Waals surface area contributed by atoms with E-state index in [1.807, 2.05) is 47.8 Å². The van der Waals surface area contributed by atoms with E-state index in [-0.39, 0.29) is 12.1 Å². The van der Waals surface area contributed by atoms with Gasteiger partial charge in [-0.05, 0) is 30.5 Å². The lowest BCUT2D eigenvalue weighted by molar-refractivity contribution is 0.134. The van der Waals surface area contributed by atoms with Gasteiger partial charge in [-0.3, -0.25) is 4.98 Å². The summed E-state index contributed by atoms with van der Waals surface area (Å²) in [5.74, 6) is 0. The molecule has 126 valence electrons. The monoisotopic (exact) mass is 351 g/mol. The summed E-state index contributed by atoms with van der Waals surface area (Å²) in [4.78, 5) is 20.9. The lowest BCUT2D eigenvalue weighted by Gasteiger charge is -2.15. The molecule has 0 radical (unpaired) electrons. The minimum Gasteiger partial charge on any atom is -0.445 e. The van der Waals surface area contributed by atoms with E-state index in [0.717, 1.165) is 34.7 Å². The number of rotatable bonds is 5. The van der Waals surface area contributed by atoms with Crippen molar-refractivity contribution in [3.63, 3.8) is 0 Å². The van der Waals surface area contributed by atoms with Gasteiger partial charge in [0, 0.05) is 23.3 Å². The van der Waals surface area contributed by atoms with Gasteiger partial charge in [0.05, 0.1) is 11.2 Å². The standard InChI is InChI=1S/C19H17N3O2S/c23-18(24-12-14-4-2-1-3-5-14)22-19(8-9-19)16-13-25-17(21-16)15-6-10-20-11-7-15/h1-7,10-11,13H,8-9,12H2,(H,22,23). The molecule has 0 atom stereocenters. The molecule has 3 aromatic rings. The number of benzene rings is 1. The zero-order valence-electron chi connectivity index (χ0n) is 13.5. The molecule has 0 saturated heterocycles. The zero-order chi connectivity index (χ0) is 17.1. The van der Waals surface area contributed by atoms with E-state index in [9.17, 15) is 4.79 Å². The van der Waals surface area contributed by atoms with Gasteiger partial charge in [-0.15, -0.1) is 11.3 Å². The highest BCUT2D eigenvalue weighted by molar-refractivity contribution is 7.13. The Labute approximate surface area is 149 Å². The van der Waals surface area contributed by atoms with Crippen molar-refractivity contribution >= 4 is 17.4 Å².